The van der Waals surface area contributed by atoms with Crippen molar-refractivity contribution in [1.29, 1.82) is 0 Å². The minimum atomic E-state index is -0.136. The van der Waals surface area contributed by atoms with Crippen LogP contribution in [-0.2, 0) is 9.59 Å². The molecule has 1 aliphatic heterocycles. The van der Waals surface area contributed by atoms with Gasteiger partial charge in [-0.25, -0.2) is 4.98 Å². The van der Waals surface area contributed by atoms with Gasteiger partial charge in [-0.1, -0.05) is 12.1 Å². The molecule has 1 aromatic heterocycles. The third kappa shape index (κ3) is 2.80. The van der Waals surface area contributed by atoms with E-state index in [1.165, 1.54) is 16.2 Å². The zero-order chi connectivity index (χ0) is 15.5. The number of carbonyl (C=O) groups is 2. The zero-order valence-electron chi connectivity index (χ0n) is 12.1. The van der Waals surface area contributed by atoms with Gasteiger partial charge in [-0.15, -0.1) is 11.3 Å². The number of benzene rings is 1. The van der Waals surface area contributed by atoms with Crippen molar-refractivity contribution in [3.63, 3.8) is 0 Å². The molecule has 22 heavy (non-hydrogen) atoms. The summed E-state index contributed by atoms with van der Waals surface area (Å²) in [7, 11) is 1.69. The fraction of sp³-hybridized carbons (Fsp3) is 0.267. The molecule has 0 fully saturated rings. The number of hydrogen-bond donors (Lipinski definition) is 0. The molecule has 2 amide bonds. The average molecular weight is 317 g/mol. The Morgan fingerprint density at radius 1 is 1.45 bits per heavy atom. The van der Waals surface area contributed by atoms with Gasteiger partial charge < -0.3 is 9.64 Å². The molecule has 0 N–H and O–H groups in total. The number of aromatic nitrogens is 1. The van der Waals surface area contributed by atoms with Gasteiger partial charge >= 0.3 is 0 Å². The Bertz CT molecular complexity index is 687. The maximum absolute atomic E-state index is 12.2. The number of nitrogens with zero attached hydrogens (tertiary/aromatic N) is 3. The molecule has 0 spiro atoms. The molecule has 0 aliphatic carbocycles. The normalized spacial score (nSPS) is 13.5. The molecule has 7 heteroatoms. The van der Waals surface area contributed by atoms with Gasteiger partial charge in [0.15, 0.2) is 11.7 Å². The molecule has 6 nitrogen and oxygen atoms in total. The van der Waals surface area contributed by atoms with E-state index in [2.05, 4.69) is 4.98 Å². The fourth-order valence-corrected chi connectivity index (χ4v) is 2.89. The number of thiazole rings is 1. The number of carbonyl (C=O) groups excluding carboxylic acids is 2. The van der Waals surface area contributed by atoms with Crippen LogP contribution in [0.3, 0.4) is 0 Å². The maximum Gasteiger partial charge on any atom is 0.265 e. The molecular formula is C15H15N3O3S. The summed E-state index contributed by atoms with van der Waals surface area (Å²) in [4.78, 5) is 31.5. The predicted octanol–water partition coefficient (Wildman–Crippen LogP) is 1.92. The Morgan fingerprint density at radius 3 is 3.05 bits per heavy atom. The highest BCUT2D eigenvalue weighted by Crippen LogP contribution is 2.31. The van der Waals surface area contributed by atoms with Crippen molar-refractivity contribution in [2.24, 2.45) is 0 Å². The van der Waals surface area contributed by atoms with Gasteiger partial charge in [0.1, 0.15) is 5.75 Å². The maximum atomic E-state index is 12.2. The topological polar surface area (TPSA) is 62.7 Å². The van der Waals surface area contributed by atoms with Crippen LogP contribution in [-0.4, -0.2) is 37.0 Å². The second kappa shape index (κ2) is 6.15. The summed E-state index contributed by atoms with van der Waals surface area (Å²) < 4.78 is 5.38. The smallest absolute Gasteiger partial charge is 0.265 e. The van der Waals surface area contributed by atoms with Crippen molar-refractivity contribution in [3.8, 4) is 5.75 Å². The van der Waals surface area contributed by atoms with E-state index in [0.717, 1.165) is 0 Å². The van der Waals surface area contributed by atoms with E-state index in [1.807, 2.05) is 29.6 Å². The first kappa shape index (κ1) is 14.5. The van der Waals surface area contributed by atoms with Gasteiger partial charge in [-0.2, -0.15) is 0 Å². The van der Waals surface area contributed by atoms with Crippen LogP contribution in [0.25, 0.3) is 0 Å². The van der Waals surface area contributed by atoms with Crippen LogP contribution in [0.4, 0.5) is 10.8 Å². The van der Waals surface area contributed by atoms with E-state index in [-0.39, 0.29) is 24.8 Å². The highest BCUT2D eigenvalue weighted by molar-refractivity contribution is 7.13. The zero-order valence-corrected chi connectivity index (χ0v) is 12.9. The largest absolute Gasteiger partial charge is 0.482 e. The molecule has 2 aromatic rings. The molecule has 0 unspecified atom stereocenters. The summed E-state index contributed by atoms with van der Waals surface area (Å²) in [6, 6.07) is 7.34. The quantitative estimate of drug-likeness (QED) is 0.864. The first-order valence-corrected chi connectivity index (χ1v) is 7.73. The monoisotopic (exact) mass is 317 g/mol. The SMILES string of the molecule is CN(C(=O)CCN1C(=O)COc2ccccc21)c1nccs1. The lowest BCUT2D eigenvalue weighted by Gasteiger charge is -2.29. The molecule has 0 saturated heterocycles. The summed E-state index contributed by atoms with van der Waals surface area (Å²) in [5.41, 5.74) is 0.712. The third-order valence-electron chi connectivity index (χ3n) is 3.44. The van der Waals surface area contributed by atoms with Crippen molar-refractivity contribution >= 4 is 34.0 Å². The predicted molar refractivity (Wildman–Crippen MR) is 84.4 cm³/mol. The molecule has 3 rings (SSSR count). The molecule has 0 atom stereocenters. The first-order valence-electron chi connectivity index (χ1n) is 6.85. The van der Waals surface area contributed by atoms with Crippen molar-refractivity contribution in [2.45, 2.75) is 6.42 Å². The third-order valence-corrected chi connectivity index (χ3v) is 4.29. The summed E-state index contributed by atoms with van der Waals surface area (Å²) in [5, 5.41) is 2.47. The Labute approximate surface area is 131 Å². The molecular weight excluding hydrogens is 302 g/mol. The van der Waals surface area contributed by atoms with E-state index in [9.17, 15) is 9.59 Å². The molecule has 1 aliphatic rings. The van der Waals surface area contributed by atoms with E-state index in [0.29, 0.717) is 23.1 Å². The Balaban J connectivity index is 1.68. The van der Waals surface area contributed by atoms with Crippen LogP contribution in [0.2, 0.25) is 0 Å². The minimum absolute atomic E-state index is 0.00746. The van der Waals surface area contributed by atoms with Crippen molar-refractivity contribution in [3.05, 3.63) is 35.8 Å². The van der Waals surface area contributed by atoms with Crippen LogP contribution in [0.5, 0.6) is 5.75 Å². The Morgan fingerprint density at radius 2 is 2.27 bits per heavy atom. The van der Waals surface area contributed by atoms with E-state index >= 15 is 0 Å². The number of hydrogen-bond acceptors (Lipinski definition) is 5. The first-order chi connectivity index (χ1) is 10.7. The second-order valence-corrected chi connectivity index (χ2v) is 5.69. The van der Waals surface area contributed by atoms with Crippen molar-refractivity contribution < 1.29 is 14.3 Å². The van der Waals surface area contributed by atoms with Gasteiger partial charge in [0.05, 0.1) is 5.69 Å². The minimum Gasteiger partial charge on any atom is -0.482 e. The van der Waals surface area contributed by atoms with E-state index in [4.69, 9.17) is 4.74 Å². The summed E-state index contributed by atoms with van der Waals surface area (Å²) in [5.74, 6) is 0.456. The molecule has 1 aromatic carbocycles. The van der Waals surface area contributed by atoms with Gasteiger partial charge in [-0.05, 0) is 12.1 Å². The number of rotatable bonds is 4. The van der Waals surface area contributed by atoms with Crippen molar-refractivity contribution in [1.82, 2.24) is 4.98 Å². The standard InChI is InChI=1S/C15H15N3O3S/c1-17(15-16-7-9-22-15)13(19)6-8-18-11-4-2-3-5-12(11)21-10-14(18)20/h2-5,7,9H,6,8,10H2,1H3. The number of fused-ring (bicyclic) bond motifs is 1. The number of anilines is 2. The number of ether oxygens (including phenoxy) is 1. The van der Waals surface area contributed by atoms with Gasteiger partial charge in [0.2, 0.25) is 5.91 Å². The lowest BCUT2D eigenvalue weighted by atomic mass is 10.2. The Hall–Kier alpha value is -2.41. The number of para-hydroxylation sites is 2. The van der Waals surface area contributed by atoms with Crippen LogP contribution in [0.15, 0.2) is 35.8 Å². The molecule has 0 radical (unpaired) electrons. The van der Waals surface area contributed by atoms with Crippen LogP contribution in [0.1, 0.15) is 6.42 Å². The lowest BCUT2D eigenvalue weighted by Crippen LogP contribution is -2.41. The van der Waals surface area contributed by atoms with Gasteiger partial charge in [-0.3, -0.25) is 14.5 Å². The van der Waals surface area contributed by atoms with Gasteiger partial charge in [0, 0.05) is 31.6 Å². The van der Waals surface area contributed by atoms with Gasteiger partial charge in [0.25, 0.3) is 5.91 Å². The van der Waals surface area contributed by atoms with Crippen LogP contribution < -0.4 is 14.5 Å². The molecule has 114 valence electrons. The van der Waals surface area contributed by atoms with E-state index < -0.39 is 0 Å². The van der Waals surface area contributed by atoms with Crippen LogP contribution in [0, 0.1) is 0 Å². The fourth-order valence-electron chi connectivity index (χ4n) is 2.26. The molecule has 0 bridgehead atoms. The lowest BCUT2D eigenvalue weighted by molar-refractivity contribution is -0.121. The highest BCUT2D eigenvalue weighted by atomic mass is 32.1. The Kier molecular flexibility index (Phi) is 4.06. The van der Waals surface area contributed by atoms with E-state index in [1.54, 1.807) is 18.1 Å². The second-order valence-electron chi connectivity index (χ2n) is 4.82. The van der Waals surface area contributed by atoms with Crippen molar-refractivity contribution in [2.75, 3.05) is 30.0 Å². The summed E-state index contributed by atoms with van der Waals surface area (Å²) >= 11 is 1.40. The summed E-state index contributed by atoms with van der Waals surface area (Å²) in [6.45, 7) is 0.335. The average Bonchev–Trinajstić information content (AvgIpc) is 3.07. The summed E-state index contributed by atoms with van der Waals surface area (Å²) in [6.07, 6.45) is 1.89. The molecule has 2 heterocycles. The molecule has 0 saturated carbocycles. The highest BCUT2D eigenvalue weighted by Gasteiger charge is 2.26. The number of amides is 2. The van der Waals surface area contributed by atoms with Crippen LogP contribution >= 0.6 is 11.3 Å².